The minimum Gasteiger partial charge on any atom is -0.497 e. The normalized spacial score (nSPS) is 16.3. The molecule has 26 heavy (non-hydrogen) atoms. The third-order valence-corrected chi connectivity index (χ3v) is 5.23. The van der Waals surface area contributed by atoms with Crippen LogP contribution in [0.2, 0.25) is 0 Å². The molecule has 1 atom stereocenters. The first-order valence-corrected chi connectivity index (χ1v) is 8.84. The number of Topliss-reactive ketones (excluding diaryl/α,β-unsaturated/α-hetero) is 1. The fourth-order valence-electron chi connectivity index (χ4n) is 3.84. The van der Waals surface area contributed by atoms with Crippen molar-refractivity contribution < 1.29 is 14.3 Å². The molecule has 0 bridgehead atoms. The van der Waals surface area contributed by atoms with Crippen LogP contribution in [0.3, 0.4) is 0 Å². The molecule has 1 aliphatic heterocycles. The summed E-state index contributed by atoms with van der Waals surface area (Å²) >= 11 is 0. The molecular weight excluding hydrogens is 330 g/mol. The molecule has 0 spiro atoms. The lowest BCUT2D eigenvalue weighted by Crippen LogP contribution is -2.40. The van der Waals surface area contributed by atoms with Gasteiger partial charge in [-0.05, 0) is 57.4 Å². The predicted octanol–water partition coefficient (Wildman–Crippen LogP) is 2.86. The summed E-state index contributed by atoms with van der Waals surface area (Å²) in [7, 11) is 1.65. The molecule has 1 aromatic carbocycles. The van der Waals surface area contributed by atoms with Gasteiger partial charge in [0.1, 0.15) is 12.3 Å². The Morgan fingerprint density at radius 3 is 2.65 bits per heavy atom. The fourth-order valence-corrected chi connectivity index (χ4v) is 3.84. The Bertz CT molecular complexity index is 869. The van der Waals surface area contributed by atoms with Gasteiger partial charge in [-0.15, -0.1) is 0 Å². The van der Waals surface area contributed by atoms with Gasteiger partial charge in [0.25, 0.3) is 0 Å². The second kappa shape index (κ2) is 6.94. The number of methoxy groups -OCH3 is 1. The standard InChI is InChI=1S/C20H25N3O3/c1-12-20(15(4)24)14(3)23(21-12)11-19(25)22-9-8-16-6-7-17(26-5)10-18(16)13(22)2/h6-7,10,13H,8-9,11H2,1-5H3. The van der Waals surface area contributed by atoms with E-state index in [1.807, 2.05) is 30.9 Å². The quantitative estimate of drug-likeness (QED) is 0.791. The zero-order chi connectivity index (χ0) is 19.0. The van der Waals surface area contributed by atoms with E-state index in [0.717, 1.165) is 23.4 Å². The molecule has 0 saturated carbocycles. The number of hydrogen-bond donors (Lipinski definition) is 0. The Morgan fingerprint density at radius 1 is 1.31 bits per heavy atom. The highest BCUT2D eigenvalue weighted by atomic mass is 16.5. The molecular formula is C20H25N3O3. The minimum atomic E-state index is -0.0226. The van der Waals surface area contributed by atoms with Crippen LogP contribution in [0.15, 0.2) is 18.2 Å². The number of fused-ring (bicyclic) bond motifs is 1. The zero-order valence-corrected chi connectivity index (χ0v) is 16.0. The van der Waals surface area contributed by atoms with Crippen molar-refractivity contribution in [2.24, 2.45) is 0 Å². The van der Waals surface area contributed by atoms with E-state index in [0.29, 0.717) is 17.8 Å². The fraction of sp³-hybridized carbons (Fsp3) is 0.450. The van der Waals surface area contributed by atoms with Crippen LogP contribution >= 0.6 is 0 Å². The molecule has 0 saturated heterocycles. The third kappa shape index (κ3) is 3.11. The number of ketones is 1. The van der Waals surface area contributed by atoms with E-state index in [-0.39, 0.29) is 24.3 Å². The summed E-state index contributed by atoms with van der Waals surface area (Å²) in [5, 5.41) is 4.39. The number of aryl methyl sites for hydroxylation is 1. The molecule has 0 fully saturated rings. The van der Waals surface area contributed by atoms with Crippen LogP contribution in [0.5, 0.6) is 5.75 Å². The number of aromatic nitrogens is 2. The molecule has 0 N–H and O–H groups in total. The van der Waals surface area contributed by atoms with Gasteiger partial charge >= 0.3 is 0 Å². The van der Waals surface area contributed by atoms with Crippen LogP contribution in [0.1, 0.15) is 52.8 Å². The molecule has 3 rings (SSSR count). The summed E-state index contributed by atoms with van der Waals surface area (Å²) in [6.45, 7) is 8.03. The van der Waals surface area contributed by atoms with E-state index in [2.05, 4.69) is 11.2 Å². The minimum absolute atomic E-state index is 0.00618. The van der Waals surface area contributed by atoms with Crippen LogP contribution in [-0.4, -0.2) is 40.0 Å². The van der Waals surface area contributed by atoms with E-state index in [4.69, 9.17) is 4.74 Å². The smallest absolute Gasteiger partial charge is 0.244 e. The summed E-state index contributed by atoms with van der Waals surface area (Å²) in [6, 6.07) is 6.02. The average molecular weight is 355 g/mol. The highest BCUT2D eigenvalue weighted by molar-refractivity contribution is 5.96. The molecule has 0 radical (unpaired) electrons. The van der Waals surface area contributed by atoms with Crippen LogP contribution in [-0.2, 0) is 17.8 Å². The van der Waals surface area contributed by atoms with E-state index in [9.17, 15) is 9.59 Å². The van der Waals surface area contributed by atoms with Gasteiger partial charge in [0.05, 0.1) is 24.4 Å². The van der Waals surface area contributed by atoms with Gasteiger partial charge in [0, 0.05) is 12.2 Å². The largest absolute Gasteiger partial charge is 0.497 e. The number of benzene rings is 1. The van der Waals surface area contributed by atoms with Gasteiger partial charge in [0.2, 0.25) is 5.91 Å². The van der Waals surface area contributed by atoms with Crippen LogP contribution in [0.25, 0.3) is 0 Å². The maximum Gasteiger partial charge on any atom is 0.244 e. The molecule has 0 aliphatic carbocycles. The Hall–Kier alpha value is -2.63. The maximum absolute atomic E-state index is 12.9. The third-order valence-electron chi connectivity index (χ3n) is 5.23. The monoisotopic (exact) mass is 355 g/mol. The summed E-state index contributed by atoms with van der Waals surface area (Å²) in [6.07, 6.45) is 0.825. The number of rotatable bonds is 4. The van der Waals surface area contributed by atoms with Crippen molar-refractivity contribution >= 4 is 11.7 Å². The predicted molar refractivity (Wildman–Crippen MR) is 98.5 cm³/mol. The molecule has 6 heteroatoms. The molecule has 1 aromatic heterocycles. The van der Waals surface area contributed by atoms with Crippen LogP contribution < -0.4 is 4.74 Å². The van der Waals surface area contributed by atoms with Gasteiger partial charge in [-0.2, -0.15) is 5.10 Å². The maximum atomic E-state index is 12.9. The molecule has 6 nitrogen and oxygen atoms in total. The van der Waals surface area contributed by atoms with Crippen molar-refractivity contribution in [1.82, 2.24) is 14.7 Å². The first kappa shape index (κ1) is 18.2. The van der Waals surface area contributed by atoms with Gasteiger partial charge in [-0.25, -0.2) is 0 Å². The number of amides is 1. The first-order chi connectivity index (χ1) is 12.3. The lowest BCUT2D eigenvalue weighted by Gasteiger charge is -2.35. The van der Waals surface area contributed by atoms with E-state index < -0.39 is 0 Å². The first-order valence-electron chi connectivity index (χ1n) is 8.84. The Morgan fingerprint density at radius 2 is 2.04 bits per heavy atom. The van der Waals surface area contributed by atoms with E-state index in [1.165, 1.54) is 12.5 Å². The zero-order valence-electron chi connectivity index (χ0n) is 16.0. The van der Waals surface area contributed by atoms with Gasteiger partial charge in [-0.1, -0.05) is 6.07 Å². The highest BCUT2D eigenvalue weighted by Gasteiger charge is 2.29. The molecule has 138 valence electrons. The number of carbonyl (C=O) groups excluding carboxylic acids is 2. The van der Waals surface area contributed by atoms with E-state index >= 15 is 0 Å². The summed E-state index contributed by atoms with van der Waals surface area (Å²) in [5.41, 5.74) is 4.41. The number of carbonyl (C=O) groups is 2. The summed E-state index contributed by atoms with van der Waals surface area (Å²) < 4.78 is 6.97. The van der Waals surface area contributed by atoms with Crippen molar-refractivity contribution in [2.75, 3.05) is 13.7 Å². The van der Waals surface area contributed by atoms with Crippen LogP contribution in [0, 0.1) is 13.8 Å². The topological polar surface area (TPSA) is 64.4 Å². The second-order valence-corrected chi connectivity index (χ2v) is 6.84. The Balaban J connectivity index is 1.83. The number of nitrogens with zero attached hydrogens (tertiary/aromatic N) is 3. The number of ether oxygens (including phenoxy) is 1. The molecule has 2 heterocycles. The van der Waals surface area contributed by atoms with Crippen molar-refractivity contribution in [3.05, 3.63) is 46.3 Å². The van der Waals surface area contributed by atoms with Crippen molar-refractivity contribution in [1.29, 1.82) is 0 Å². The Labute approximate surface area is 153 Å². The number of hydrogen-bond acceptors (Lipinski definition) is 4. The van der Waals surface area contributed by atoms with Gasteiger partial charge in [0.15, 0.2) is 5.78 Å². The van der Waals surface area contributed by atoms with Gasteiger partial charge in [-0.3, -0.25) is 14.3 Å². The lowest BCUT2D eigenvalue weighted by atomic mass is 9.93. The van der Waals surface area contributed by atoms with Crippen molar-refractivity contribution in [2.45, 2.75) is 46.7 Å². The summed E-state index contributed by atoms with van der Waals surface area (Å²) in [4.78, 5) is 26.6. The van der Waals surface area contributed by atoms with Crippen molar-refractivity contribution in [3.63, 3.8) is 0 Å². The lowest BCUT2D eigenvalue weighted by molar-refractivity contribution is -0.134. The molecule has 1 unspecified atom stereocenters. The summed E-state index contributed by atoms with van der Waals surface area (Å²) in [5.74, 6) is 0.785. The average Bonchev–Trinajstić information content (AvgIpc) is 2.88. The molecule has 1 aliphatic rings. The second-order valence-electron chi connectivity index (χ2n) is 6.84. The van der Waals surface area contributed by atoms with E-state index in [1.54, 1.807) is 18.7 Å². The van der Waals surface area contributed by atoms with Crippen LogP contribution in [0.4, 0.5) is 0 Å². The van der Waals surface area contributed by atoms with Crippen molar-refractivity contribution in [3.8, 4) is 5.75 Å². The SMILES string of the molecule is COc1ccc2c(c1)C(C)N(C(=O)Cn1nc(C)c(C(C)=O)c1C)CC2. The van der Waals surface area contributed by atoms with Gasteiger partial charge < -0.3 is 9.64 Å². The molecule has 2 aromatic rings. The Kier molecular flexibility index (Phi) is 4.85. The highest BCUT2D eigenvalue weighted by Crippen LogP contribution is 2.32. The molecule has 1 amide bonds.